The predicted octanol–water partition coefficient (Wildman–Crippen LogP) is 0.00450. The van der Waals surface area contributed by atoms with Crippen LogP contribution in [0.15, 0.2) is 39.6 Å². The monoisotopic (exact) mass is 505 g/mol. The first-order valence-corrected chi connectivity index (χ1v) is 10.2. The van der Waals surface area contributed by atoms with Crippen molar-refractivity contribution in [3.8, 4) is 0 Å². The number of carboxylic acid groups (broad SMARTS) is 1. The number of aromatic carboxylic acids is 1. The van der Waals surface area contributed by atoms with Crippen molar-refractivity contribution in [2.75, 3.05) is 20.3 Å². The first kappa shape index (κ1) is 25.4. The van der Waals surface area contributed by atoms with Gasteiger partial charge in [-0.1, -0.05) is 18.3 Å². The normalized spacial score (nSPS) is 12.4. The summed E-state index contributed by atoms with van der Waals surface area (Å²) in [5.41, 5.74) is -0.395. The molecule has 0 radical (unpaired) electrons. The van der Waals surface area contributed by atoms with E-state index in [1.54, 1.807) is 0 Å². The molecule has 3 rings (SSSR count). The fraction of sp³-hybridized carbons (Fsp3) is 0.250. The van der Waals surface area contributed by atoms with Gasteiger partial charge in [-0.3, -0.25) is 4.79 Å². The van der Waals surface area contributed by atoms with Gasteiger partial charge in [-0.25, -0.2) is 24.5 Å². The van der Waals surface area contributed by atoms with E-state index >= 15 is 0 Å². The Balaban J connectivity index is 1.71. The Bertz CT molecular complexity index is 1240. The number of aliphatic hydroxyl groups excluding tert-OH is 2. The molecule has 2 atom stereocenters. The molecule has 0 saturated carbocycles. The number of aromatic nitrogens is 3. The minimum Gasteiger partial charge on any atom is -0.476 e. The Morgan fingerprint density at radius 1 is 0.943 bits per heavy atom. The second-order valence-corrected chi connectivity index (χ2v) is 7.17. The number of methoxy groups -OCH3 is 1. The topological polar surface area (TPSA) is 210 Å². The van der Waals surface area contributed by atoms with Gasteiger partial charge in [0.25, 0.3) is 5.91 Å². The molecule has 0 saturated heterocycles. The van der Waals surface area contributed by atoms with E-state index in [1.807, 2.05) is 0 Å². The van der Waals surface area contributed by atoms with Crippen molar-refractivity contribution in [3.63, 3.8) is 0 Å². The van der Waals surface area contributed by atoms with Gasteiger partial charge in [0.1, 0.15) is 35.3 Å². The number of amides is 1. The molecule has 0 aromatic carbocycles. The minimum atomic E-state index is -1.33. The van der Waals surface area contributed by atoms with Crippen molar-refractivity contribution in [1.82, 2.24) is 25.6 Å². The first-order valence-electron chi connectivity index (χ1n) is 9.80. The van der Waals surface area contributed by atoms with Gasteiger partial charge in [-0.2, -0.15) is 0 Å². The summed E-state index contributed by atoms with van der Waals surface area (Å²) in [6.45, 7) is -1.11. The summed E-state index contributed by atoms with van der Waals surface area (Å²) in [6.07, 6.45) is 1.96. The fourth-order valence-corrected chi connectivity index (χ4v) is 2.97. The number of ether oxygens (including phenoxy) is 1. The van der Waals surface area contributed by atoms with Gasteiger partial charge in [0, 0.05) is 0 Å². The summed E-state index contributed by atoms with van der Waals surface area (Å²) in [7, 11) is 1.18. The van der Waals surface area contributed by atoms with Gasteiger partial charge >= 0.3 is 11.9 Å². The maximum absolute atomic E-state index is 12.7. The lowest BCUT2D eigenvalue weighted by atomic mass is 10.2. The third-order valence-electron chi connectivity index (χ3n) is 4.44. The molecule has 15 heteroatoms. The van der Waals surface area contributed by atoms with E-state index in [4.69, 9.17) is 26.2 Å². The molecule has 2 unspecified atom stereocenters. The number of hydrogen-bond donors (Lipinski definition) is 5. The number of hydrogen-bond acceptors (Lipinski definition) is 12. The molecule has 0 spiro atoms. The van der Waals surface area contributed by atoms with Crippen LogP contribution >= 0.6 is 12.2 Å². The van der Waals surface area contributed by atoms with Gasteiger partial charge in [-0.15, -0.1) is 0 Å². The third-order valence-corrected chi connectivity index (χ3v) is 4.77. The lowest BCUT2D eigenvalue weighted by Gasteiger charge is -2.15. The number of pyridine rings is 1. The van der Waals surface area contributed by atoms with Crippen LogP contribution < -0.4 is 10.6 Å². The molecule has 0 aliphatic heterocycles. The van der Waals surface area contributed by atoms with Crippen molar-refractivity contribution >= 4 is 35.1 Å². The highest BCUT2D eigenvalue weighted by molar-refractivity contribution is 7.80. The number of carboxylic acids is 1. The minimum absolute atomic E-state index is 0.0263. The molecule has 0 fully saturated rings. The molecule has 0 bridgehead atoms. The Morgan fingerprint density at radius 2 is 1.51 bits per heavy atom. The summed E-state index contributed by atoms with van der Waals surface area (Å²) < 4.78 is 14.8. The van der Waals surface area contributed by atoms with Crippen molar-refractivity contribution in [2.45, 2.75) is 12.1 Å². The van der Waals surface area contributed by atoms with E-state index in [-0.39, 0.29) is 39.5 Å². The fourth-order valence-electron chi connectivity index (χ4n) is 2.71. The Hall–Kier alpha value is -4.21. The lowest BCUT2D eigenvalue weighted by Crippen LogP contribution is -2.33. The number of nitrogens with one attached hydrogen (secondary N) is 2. The molecule has 35 heavy (non-hydrogen) atoms. The first-order chi connectivity index (χ1) is 16.8. The van der Waals surface area contributed by atoms with Gasteiger partial charge in [0.15, 0.2) is 11.4 Å². The average Bonchev–Trinajstić information content (AvgIpc) is 3.56. The van der Waals surface area contributed by atoms with Crippen molar-refractivity contribution < 1.29 is 43.3 Å². The second kappa shape index (κ2) is 11.3. The van der Waals surface area contributed by atoms with Crippen molar-refractivity contribution in [1.29, 1.82) is 0 Å². The van der Waals surface area contributed by atoms with Crippen LogP contribution in [0.2, 0.25) is 0 Å². The van der Waals surface area contributed by atoms with E-state index < -0.39 is 43.1 Å². The number of rotatable bonds is 10. The zero-order valence-electron chi connectivity index (χ0n) is 18.0. The van der Waals surface area contributed by atoms with Crippen LogP contribution in [0.5, 0.6) is 0 Å². The van der Waals surface area contributed by atoms with Crippen LogP contribution in [-0.2, 0) is 4.74 Å². The Kier molecular flexibility index (Phi) is 8.19. The van der Waals surface area contributed by atoms with E-state index in [2.05, 4.69) is 30.3 Å². The second-order valence-electron chi connectivity index (χ2n) is 6.76. The molecule has 3 aromatic heterocycles. The highest BCUT2D eigenvalue weighted by Crippen LogP contribution is 2.15. The maximum atomic E-state index is 12.7. The number of thiocarbonyl (C=S) groups is 1. The summed E-state index contributed by atoms with van der Waals surface area (Å²) in [5.74, 6) is -3.00. The van der Waals surface area contributed by atoms with Crippen LogP contribution in [0.3, 0.4) is 0 Å². The third kappa shape index (κ3) is 6.03. The van der Waals surface area contributed by atoms with Crippen LogP contribution in [-0.4, -0.2) is 73.4 Å². The maximum Gasteiger partial charge on any atom is 0.360 e. The Labute approximate surface area is 202 Å². The number of carbonyl (C=O) groups excluding carboxylic acids is 2. The SMILES string of the molecule is COC(=O)c1coc(C(CO)NC(=S)c2cccc(C(=O)NC(CO)c3nc(C(=O)O)co3)n2)n1. The van der Waals surface area contributed by atoms with Gasteiger partial charge in [0.2, 0.25) is 11.8 Å². The number of oxazole rings is 2. The molecule has 0 aliphatic carbocycles. The van der Waals surface area contributed by atoms with Gasteiger partial charge in [0.05, 0.1) is 26.0 Å². The molecule has 1 amide bonds. The van der Waals surface area contributed by atoms with Crippen LogP contribution in [0, 0.1) is 0 Å². The zero-order valence-corrected chi connectivity index (χ0v) is 18.8. The molecule has 5 N–H and O–H groups in total. The summed E-state index contributed by atoms with van der Waals surface area (Å²) >= 11 is 5.31. The smallest absolute Gasteiger partial charge is 0.360 e. The Morgan fingerprint density at radius 3 is 2.09 bits per heavy atom. The predicted molar refractivity (Wildman–Crippen MR) is 117 cm³/mol. The molecule has 0 aliphatic rings. The van der Waals surface area contributed by atoms with E-state index in [0.717, 1.165) is 12.5 Å². The van der Waals surface area contributed by atoms with Gasteiger partial charge < -0.3 is 39.5 Å². The lowest BCUT2D eigenvalue weighted by molar-refractivity contribution is 0.0592. The van der Waals surface area contributed by atoms with Crippen molar-refractivity contribution in [3.05, 3.63) is 65.3 Å². The number of esters is 1. The van der Waals surface area contributed by atoms with Crippen molar-refractivity contribution in [2.24, 2.45) is 0 Å². The summed E-state index contributed by atoms with van der Waals surface area (Å²) in [4.78, 5) is 47.0. The number of nitrogens with zero attached hydrogens (tertiary/aromatic N) is 3. The van der Waals surface area contributed by atoms with Crippen LogP contribution in [0.25, 0.3) is 0 Å². The molecule has 14 nitrogen and oxygen atoms in total. The molecule has 184 valence electrons. The van der Waals surface area contributed by atoms with Crippen LogP contribution in [0.1, 0.15) is 61.0 Å². The quantitative estimate of drug-likeness (QED) is 0.181. The van der Waals surface area contributed by atoms with Crippen LogP contribution in [0.4, 0.5) is 0 Å². The zero-order chi connectivity index (χ0) is 25.5. The van der Waals surface area contributed by atoms with Gasteiger partial charge in [-0.05, 0) is 12.1 Å². The number of aliphatic hydroxyl groups is 2. The molecular weight excluding hydrogens is 486 g/mol. The molecule has 3 aromatic rings. The average molecular weight is 505 g/mol. The highest BCUT2D eigenvalue weighted by Gasteiger charge is 2.24. The standard InChI is InChI=1S/C20H19N5O9S/c1-32-20(31)14-8-34-17(24-14)12(6-27)25-18(35)10-4-2-3-9(21-10)15(28)22-11(5-26)16-23-13(7-33-16)19(29)30/h2-4,7-8,11-12,26-27H,5-6H2,1H3,(H,22,28)(H,25,35)(H,29,30). The number of carbonyl (C=O) groups is 3. The summed E-state index contributed by atoms with van der Waals surface area (Å²) in [5, 5.41) is 33.4. The highest BCUT2D eigenvalue weighted by atomic mass is 32.1. The van der Waals surface area contributed by atoms with E-state index in [1.165, 1.54) is 25.3 Å². The molecule has 3 heterocycles. The largest absolute Gasteiger partial charge is 0.476 e. The molecular formula is C20H19N5O9S. The van der Waals surface area contributed by atoms with E-state index in [0.29, 0.717) is 0 Å². The summed E-state index contributed by atoms with van der Waals surface area (Å²) in [6, 6.07) is 2.34. The van der Waals surface area contributed by atoms with E-state index in [9.17, 15) is 24.6 Å².